The second-order valence-electron chi connectivity index (χ2n) is 10.2. The average Bonchev–Trinajstić information content (AvgIpc) is 2.62. The summed E-state index contributed by atoms with van der Waals surface area (Å²) in [6.07, 6.45) is 21.2. The summed E-state index contributed by atoms with van der Waals surface area (Å²) in [7, 11) is 4.01. The summed E-state index contributed by atoms with van der Waals surface area (Å²) in [5.74, 6) is -0.766. The Bertz CT molecular complexity index is 394. The molecular weight excluding hydrogens is 362 g/mol. The molecule has 0 heterocycles. The van der Waals surface area contributed by atoms with Gasteiger partial charge in [0.15, 0.2) is 0 Å². The van der Waals surface area contributed by atoms with E-state index in [2.05, 4.69) is 6.92 Å². The van der Waals surface area contributed by atoms with Crippen molar-refractivity contribution in [2.24, 2.45) is 0 Å². The van der Waals surface area contributed by atoms with Gasteiger partial charge in [0.05, 0.1) is 27.1 Å². The molecule has 0 rings (SSSR count). The van der Waals surface area contributed by atoms with Crippen molar-refractivity contribution in [1.82, 2.24) is 0 Å². The van der Waals surface area contributed by atoms with E-state index in [9.17, 15) is 9.90 Å². The largest absolute Gasteiger partial charge is 0.481 e. The molecule has 0 radical (unpaired) electrons. The third-order valence-electron chi connectivity index (χ3n) is 6.02. The summed E-state index contributed by atoms with van der Waals surface area (Å²) in [6.45, 7) is 5.35. The van der Waals surface area contributed by atoms with Crippen LogP contribution >= 0.6 is 0 Å². The Labute approximate surface area is 181 Å². The van der Waals surface area contributed by atoms with Gasteiger partial charge >= 0.3 is 5.97 Å². The van der Waals surface area contributed by atoms with Gasteiger partial charge in [0.2, 0.25) is 0 Å². The molecule has 0 aliphatic heterocycles. The second kappa shape index (κ2) is 17.1. The molecule has 4 heteroatoms. The van der Waals surface area contributed by atoms with Crippen molar-refractivity contribution in [3.8, 4) is 0 Å². The molecule has 0 spiro atoms. The van der Waals surface area contributed by atoms with Gasteiger partial charge in [-0.15, -0.1) is 0 Å². The van der Waals surface area contributed by atoms with Crippen LogP contribution in [0.25, 0.3) is 0 Å². The number of rotatable bonds is 21. The van der Waals surface area contributed by atoms with Crippen LogP contribution in [0.2, 0.25) is 0 Å². The van der Waals surface area contributed by atoms with Crippen molar-refractivity contribution in [3.63, 3.8) is 0 Å². The van der Waals surface area contributed by atoms with Crippen molar-refractivity contribution >= 4 is 5.97 Å². The fraction of sp³-hybridized carbons (Fsp3) is 0.960. The van der Waals surface area contributed by atoms with Gasteiger partial charge < -0.3 is 14.7 Å². The number of aliphatic carboxylic acids is 1. The molecule has 1 atom stereocenters. The van der Waals surface area contributed by atoms with E-state index in [0.717, 1.165) is 12.8 Å². The van der Waals surface area contributed by atoms with E-state index < -0.39 is 11.6 Å². The van der Waals surface area contributed by atoms with Crippen LogP contribution in [-0.2, 0) is 4.79 Å². The van der Waals surface area contributed by atoms with E-state index in [1.807, 2.05) is 21.0 Å². The molecule has 0 bridgehead atoms. The quantitative estimate of drug-likeness (QED) is 0.165. The first-order valence-corrected chi connectivity index (χ1v) is 12.4. The molecule has 0 aromatic heterocycles. The highest BCUT2D eigenvalue weighted by molar-refractivity contribution is 5.66. The van der Waals surface area contributed by atoms with Crippen LogP contribution in [0, 0.1) is 0 Å². The molecule has 1 unspecified atom stereocenters. The minimum absolute atomic E-state index is 0.155. The number of carboxylic acids is 1. The number of likely N-dealkylation sites (N-methyl/N-ethyl adjacent to an activating group) is 1. The number of unbranched alkanes of at least 4 members (excludes halogenated alkanes) is 14. The molecule has 0 amide bonds. The van der Waals surface area contributed by atoms with Crippen LogP contribution in [0.1, 0.15) is 123 Å². The van der Waals surface area contributed by atoms with Crippen molar-refractivity contribution in [1.29, 1.82) is 0 Å². The Morgan fingerprint density at radius 1 is 0.759 bits per heavy atom. The van der Waals surface area contributed by atoms with Crippen molar-refractivity contribution in [3.05, 3.63) is 0 Å². The van der Waals surface area contributed by atoms with Gasteiger partial charge in [-0.1, -0.05) is 103 Å². The first-order valence-electron chi connectivity index (χ1n) is 12.4. The Hall–Kier alpha value is -0.610. The summed E-state index contributed by atoms with van der Waals surface area (Å²) < 4.78 is 0.554. The van der Waals surface area contributed by atoms with Crippen LogP contribution in [-0.4, -0.2) is 53.5 Å². The Kier molecular flexibility index (Phi) is 16.7. The van der Waals surface area contributed by atoms with E-state index in [4.69, 9.17) is 5.11 Å². The zero-order valence-corrected chi connectivity index (χ0v) is 20.2. The van der Waals surface area contributed by atoms with Crippen LogP contribution < -0.4 is 0 Å². The fourth-order valence-corrected chi connectivity index (χ4v) is 4.36. The Balaban J connectivity index is 3.51. The maximum atomic E-state index is 10.8. The van der Waals surface area contributed by atoms with Gasteiger partial charge in [-0.3, -0.25) is 4.79 Å². The highest BCUT2D eigenvalue weighted by atomic mass is 16.4. The first-order chi connectivity index (χ1) is 13.7. The molecule has 0 saturated heterocycles. The first kappa shape index (κ1) is 28.4. The number of hydrogen-bond donors (Lipinski definition) is 2. The number of quaternary nitrogens is 1. The molecule has 0 fully saturated rings. The van der Waals surface area contributed by atoms with Gasteiger partial charge in [-0.25, -0.2) is 0 Å². The van der Waals surface area contributed by atoms with E-state index in [0.29, 0.717) is 17.6 Å². The summed E-state index contributed by atoms with van der Waals surface area (Å²) >= 11 is 0. The maximum Gasteiger partial charge on any atom is 0.309 e. The molecule has 0 aromatic carbocycles. The lowest BCUT2D eigenvalue weighted by molar-refractivity contribution is -0.896. The van der Waals surface area contributed by atoms with Gasteiger partial charge in [0.1, 0.15) is 12.1 Å². The zero-order chi connectivity index (χ0) is 22.0. The molecule has 0 aliphatic carbocycles. The summed E-state index contributed by atoms with van der Waals surface area (Å²) in [6, 6.07) is 0. The number of carboxylic acid groups (broad SMARTS) is 1. The van der Waals surface area contributed by atoms with Gasteiger partial charge in [0, 0.05) is 0 Å². The predicted octanol–water partition coefficient (Wildman–Crippen LogP) is 6.55. The van der Waals surface area contributed by atoms with Crippen molar-refractivity contribution < 1.29 is 19.5 Å². The molecule has 2 N–H and O–H groups in total. The third kappa shape index (κ3) is 20.4. The smallest absolute Gasteiger partial charge is 0.309 e. The lowest BCUT2D eigenvalue weighted by Crippen LogP contribution is -2.51. The molecular formula is C25H52NO3+. The Morgan fingerprint density at radius 3 is 1.52 bits per heavy atom. The van der Waals surface area contributed by atoms with Crippen LogP contribution in [0.4, 0.5) is 0 Å². The average molecular weight is 415 g/mol. The fourth-order valence-electron chi connectivity index (χ4n) is 4.36. The molecule has 4 nitrogen and oxygen atoms in total. The summed E-state index contributed by atoms with van der Waals surface area (Å²) in [4.78, 5) is 10.8. The molecule has 29 heavy (non-hydrogen) atoms. The minimum atomic E-state index is -0.766. The van der Waals surface area contributed by atoms with E-state index in [1.165, 1.54) is 89.9 Å². The summed E-state index contributed by atoms with van der Waals surface area (Å²) in [5.41, 5.74) is -0.710. The topological polar surface area (TPSA) is 57.5 Å². The summed E-state index contributed by atoms with van der Waals surface area (Å²) in [5, 5.41) is 19.5. The van der Waals surface area contributed by atoms with E-state index in [1.54, 1.807) is 0 Å². The molecule has 0 aromatic rings. The van der Waals surface area contributed by atoms with Gasteiger partial charge in [-0.2, -0.15) is 0 Å². The monoisotopic (exact) mass is 414 g/mol. The predicted molar refractivity (Wildman–Crippen MR) is 124 cm³/mol. The highest BCUT2D eigenvalue weighted by Crippen LogP contribution is 2.20. The molecule has 174 valence electrons. The van der Waals surface area contributed by atoms with Crippen molar-refractivity contribution in [2.45, 2.75) is 129 Å². The lowest BCUT2D eigenvalue weighted by atomic mass is 9.96. The van der Waals surface area contributed by atoms with E-state index >= 15 is 0 Å². The second-order valence-corrected chi connectivity index (χ2v) is 10.2. The SMILES string of the molecule is CCCCCCCCCCCCCCCCCC(C)(O)C[N+](C)(C)CCC(=O)O. The van der Waals surface area contributed by atoms with Crippen LogP contribution in [0.15, 0.2) is 0 Å². The van der Waals surface area contributed by atoms with Gasteiger partial charge in [-0.05, 0) is 13.3 Å². The van der Waals surface area contributed by atoms with E-state index in [-0.39, 0.29) is 6.42 Å². The standard InChI is InChI=1S/C25H51NO3/c1-5-6-7-8-9-10-11-12-13-14-15-16-17-18-19-21-25(2,29)23-26(3,4)22-20-24(27)28/h29H,5-23H2,1-4H3/p+1. The molecule has 0 aliphatic rings. The number of carbonyl (C=O) groups is 1. The third-order valence-corrected chi connectivity index (χ3v) is 6.02. The highest BCUT2D eigenvalue weighted by Gasteiger charge is 2.30. The number of nitrogens with zero attached hydrogens (tertiary/aromatic N) is 1. The lowest BCUT2D eigenvalue weighted by Gasteiger charge is -2.36. The van der Waals surface area contributed by atoms with Crippen LogP contribution in [0.3, 0.4) is 0 Å². The molecule has 0 saturated carbocycles. The zero-order valence-electron chi connectivity index (χ0n) is 20.2. The maximum absolute atomic E-state index is 10.8. The normalized spacial score (nSPS) is 14.1. The number of aliphatic hydroxyl groups is 1. The minimum Gasteiger partial charge on any atom is -0.481 e. The Morgan fingerprint density at radius 2 is 1.14 bits per heavy atom. The van der Waals surface area contributed by atoms with Gasteiger partial charge in [0.25, 0.3) is 0 Å². The number of hydrogen-bond acceptors (Lipinski definition) is 2. The van der Waals surface area contributed by atoms with Crippen LogP contribution in [0.5, 0.6) is 0 Å². The van der Waals surface area contributed by atoms with Crippen molar-refractivity contribution in [2.75, 3.05) is 27.2 Å².